The van der Waals surface area contributed by atoms with Crippen molar-refractivity contribution in [3.8, 4) is 0 Å². The molecule has 0 aliphatic carbocycles. The van der Waals surface area contributed by atoms with Crippen molar-refractivity contribution in [2.24, 2.45) is 0 Å². The van der Waals surface area contributed by atoms with E-state index in [-0.39, 0.29) is 6.04 Å². The van der Waals surface area contributed by atoms with Crippen LogP contribution in [0.15, 0.2) is 48.5 Å². The van der Waals surface area contributed by atoms with Gasteiger partial charge in [0.25, 0.3) is 0 Å². The molecule has 2 nitrogen and oxygen atoms in total. The average Bonchev–Trinajstić information content (AvgIpc) is 2.38. The van der Waals surface area contributed by atoms with Gasteiger partial charge in [-0.1, -0.05) is 41.9 Å². The van der Waals surface area contributed by atoms with Crippen molar-refractivity contribution >= 4 is 34.6 Å². The first-order valence-electron chi connectivity index (χ1n) is 5.66. The smallest absolute Gasteiger partial charge is 0.171 e. The van der Waals surface area contributed by atoms with E-state index in [0.29, 0.717) is 5.11 Å². The normalized spacial score (nSPS) is 17.6. The SMILES string of the molecule is S=C1Nc2ccccc2C(c2ccc(Cl)cc2)N1. The number of benzene rings is 2. The highest BCUT2D eigenvalue weighted by Crippen LogP contribution is 2.31. The maximum atomic E-state index is 5.92. The lowest BCUT2D eigenvalue weighted by Gasteiger charge is -2.29. The van der Waals surface area contributed by atoms with Gasteiger partial charge in [-0.05, 0) is 36.0 Å². The second-order valence-electron chi connectivity index (χ2n) is 4.17. The number of fused-ring (bicyclic) bond motifs is 1. The Bertz CT molecular complexity index is 595. The molecule has 3 rings (SSSR count). The minimum absolute atomic E-state index is 0.0761. The summed E-state index contributed by atoms with van der Waals surface area (Å²) in [6.45, 7) is 0. The fourth-order valence-corrected chi connectivity index (χ4v) is 2.50. The van der Waals surface area contributed by atoms with Crippen LogP contribution in [0.2, 0.25) is 5.02 Å². The Kier molecular flexibility index (Phi) is 2.94. The van der Waals surface area contributed by atoms with E-state index in [9.17, 15) is 0 Å². The number of para-hydroxylation sites is 1. The Morgan fingerprint density at radius 3 is 2.50 bits per heavy atom. The van der Waals surface area contributed by atoms with Crippen LogP contribution in [0, 0.1) is 0 Å². The van der Waals surface area contributed by atoms with Crippen molar-refractivity contribution in [3.05, 3.63) is 64.7 Å². The summed E-state index contributed by atoms with van der Waals surface area (Å²) in [4.78, 5) is 0. The van der Waals surface area contributed by atoms with Crippen LogP contribution in [-0.4, -0.2) is 5.11 Å². The third kappa shape index (κ3) is 2.07. The first-order chi connectivity index (χ1) is 8.74. The van der Waals surface area contributed by atoms with Crippen LogP contribution in [0.25, 0.3) is 0 Å². The minimum atomic E-state index is 0.0761. The lowest BCUT2D eigenvalue weighted by atomic mass is 9.96. The molecule has 18 heavy (non-hydrogen) atoms. The molecule has 0 bridgehead atoms. The van der Waals surface area contributed by atoms with Gasteiger partial charge in [0.15, 0.2) is 5.11 Å². The molecule has 0 fully saturated rings. The van der Waals surface area contributed by atoms with Gasteiger partial charge in [0.2, 0.25) is 0 Å². The fourth-order valence-electron chi connectivity index (χ4n) is 2.15. The van der Waals surface area contributed by atoms with Gasteiger partial charge < -0.3 is 10.6 Å². The number of thiocarbonyl (C=S) groups is 1. The van der Waals surface area contributed by atoms with Gasteiger partial charge in [-0.25, -0.2) is 0 Å². The number of anilines is 1. The van der Waals surface area contributed by atoms with Crippen molar-refractivity contribution in [1.82, 2.24) is 5.32 Å². The molecule has 1 unspecified atom stereocenters. The highest BCUT2D eigenvalue weighted by molar-refractivity contribution is 7.80. The van der Waals surface area contributed by atoms with Crippen LogP contribution in [0.5, 0.6) is 0 Å². The Morgan fingerprint density at radius 1 is 1.00 bits per heavy atom. The molecule has 1 aliphatic rings. The zero-order valence-electron chi connectivity index (χ0n) is 9.48. The van der Waals surface area contributed by atoms with Crippen LogP contribution in [-0.2, 0) is 0 Å². The molecular weight excluding hydrogens is 264 g/mol. The third-order valence-electron chi connectivity index (χ3n) is 3.00. The lowest BCUT2D eigenvalue weighted by molar-refractivity contribution is 0.758. The summed E-state index contributed by atoms with van der Waals surface area (Å²) in [5, 5.41) is 7.84. The lowest BCUT2D eigenvalue weighted by Crippen LogP contribution is -2.37. The van der Waals surface area contributed by atoms with E-state index in [1.54, 1.807) is 0 Å². The van der Waals surface area contributed by atoms with Crippen molar-refractivity contribution in [1.29, 1.82) is 0 Å². The maximum Gasteiger partial charge on any atom is 0.171 e. The Morgan fingerprint density at radius 2 is 1.72 bits per heavy atom. The molecule has 4 heteroatoms. The third-order valence-corrected chi connectivity index (χ3v) is 3.47. The number of rotatable bonds is 1. The molecule has 2 aromatic carbocycles. The topological polar surface area (TPSA) is 24.1 Å². The largest absolute Gasteiger partial charge is 0.351 e. The van der Waals surface area contributed by atoms with Gasteiger partial charge in [-0.2, -0.15) is 0 Å². The second kappa shape index (κ2) is 4.59. The molecule has 1 heterocycles. The van der Waals surface area contributed by atoms with Crippen LogP contribution in [0.4, 0.5) is 5.69 Å². The van der Waals surface area contributed by atoms with Gasteiger partial charge in [0.1, 0.15) is 0 Å². The molecule has 0 saturated carbocycles. The van der Waals surface area contributed by atoms with E-state index >= 15 is 0 Å². The summed E-state index contributed by atoms with van der Waals surface area (Å²) < 4.78 is 0. The molecular formula is C14H11ClN2S. The predicted molar refractivity (Wildman–Crippen MR) is 79.1 cm³/mol. The summed E-state index contributed by atoms with van der Waals surface area (Å²) in [6, 6.07) is 16.1. The molecule has 0 aromatic heterocycles. The van der Waals surface area contributed by atoms with Gasteiger partial charge in [-0.15, -0.1) is 0 Å². The maximum absolute atomic E-state index is 5.92. The summed E-state index contributed by atoms with van der Waals surface area (Å²) in [7, 11) is 0. The summed E-state index contributed by atoms with van der Waals surface area (Å²) in [6.07, 6.45) is 0. The van der Waals surface area contributed by atoms with Crippen LogP contribution >= 0.6 is 23.8 Å². The Balaban J connectivity index is 2.07. The van der Waals surface area contributed by atoms with Gasteiger partial charge >= 0.3 is 0 Å². The zero-order chi connectivity index (χ0) is 12.5. The second-order valence-corrected chi connectivity index (χ2v) is 5.01. The predicted octanol–water partition coefficient (Wildman–Crippen LogP) is 3.73. The molecule has 1 atom stereocenters. The molecule has 0 spiro atoms. The van der Waals surface area contributed by atoms with Crippen molar-refractivity contribution in [2.75, 3.05) is 5.32 Å². The highest BCUT2D eigenvalue weighted by Gasteiger charge is 2.22. The monoisotopic (exact) mass is 274 g/mol. The van der Waals surface area contributed by atoms with Crippen LogP contribution in [0.1, 0.15) is 17.2 Å². The highest BCUT2D eigenvalue weighted by atomic mass is 35.5. The molecule has 2 N–H and O–H groups in total. The van der Waals surface area contributed by atoms with Crippen LogP contribution < -0.4 is 10.6 Å². The van der Waals surface area contributed by atoms with E-state index in [1.165, 1.54) is 5.56 Å². The number of hydrogen-bond acceptors (Lipinski definition) is 1. The van der Waals surface area contributed by atoms with E-state index < -0.39 is 0 Å². The molecule has 0 saturated heterocycles. The number of hydrogen-bond donors (Lipinski definition) is 2. The summed E-state index contributed by atoms with van der Waals surface area (Å²) in [5.41, 5.74) is 3.39. The first kappa shape index (κ1) is 11.5. The summed E-state index contributed by atoms with van der Waals surface area (Å²) >= 11 is 11.2. The van der Waals surface area contributed by atoms with Crippen LogP contribution in [0.3, 0.4) is 0 Å². The quantitative estimate of drug-likeness (QED) is 0.775. The average molecular weight is 275 g/mol. The van der Waals surface area contributed by atoms with Gasteiger partial charge in [0.05, 0.1) is 6.04 Å². The van der Waals surface area contributed by atoms with E-state index in [1.807, 2.05) is 42.5 Å². The van der Waals surface area contributed by atoms with Crippen molar-refractivity contribution in [3.63, 3.8) is 0 Å². The zero-order valence-corrected chi connectivity index (χ0v) is 11.1. The Hall–Kier alpha value is -1.58. The molecule has 2 aromatic rings. The van der Waals surface area contributed by atoms with E-state index in [0.717, 1.165) is 16.3 Å². The van der Waals surface area contributed by atoms with Gasteiger partial charge in [0, 0.05) is 16.3 Å². The first-order valence-corrected chi connectivity index (χ1v) is 6.44. The Labute approximate surface area is 116 Å². The standard InChI is InChI=1S/C14H11ClN2S/c15-10-7-5-9(6-8-10)13-11-3-1-2-4-12(11)16-14(18)17-13/h1-8,13H,(H2,16,17,18). The van der Waals surface area contributed by atoms with Crippen molar-refractivity contribution < 1.29 is 0 Å². The molecule has 0 radical (unpaired) electrons. The van der Waals surface area contributed by atoms with E-state index in [4.69, 9.17) is 23.8 Å². The molecule has 90 valence electrons. The number of halogens is 1. The summed E-state index contributed by atoms with van der Waals surface area (Å²) in [5.74, 6) is 0. The molecule has 0 amide bonds. The molecule has 1 aliphatic heterocycles. The fraction of sp³-hybridized carbons (Fsp3) is 0.0714. The minimum Gasteiger partial charge on any atom is -0.351 e. The van der Waals surface area contributed by atoms with Crippen molar-refractivity contribution in [2.45, 2.75) is 6.04 Å². The number of nitrogens with one attached hydrogen (secondary N) is 2. The van der Waals surface area contributed by atoms with Gasteiger partial charge in [-0.3, -0.25) is 0 Å². The van der Waals surface area contributed by atoms with E-state index in [2.05, 4.69) is 16.7 Å².